The SMILES string of the molecule is NC/C=C/CNS(=O)(=O)c1cccc(OC(F)(F)F)c1. The standard InChI is InChI=1S/C11H13F3N2O3S/c12-11(13,14)19-9-4-3-5-10(8-9)20(17,18)16-7-2-1-6-15/h1-5,8,16H,6-7,15H2/b2-1+. The van der Waals surface area contributed by atoms with E-state index in [-0.39, 0.29) is 18.0 Å². The smallest absolute Gasteiger partial charge is 0.406 e. The van der Waals surface area contributed by atoms with Crippen molar-refractivity contribution in [3.63, 3.8) is 0 Å². The quantitative estimate of drug-likeness (QED) is 0.778. The molecule has 0 aromatic heterocycles. The van der Waals surface area contributed by atoms with Gasteiger partial charge in [0.15, 0.2) is 0 Å². The maximum atomic E-state index is 12.0. The first-order chi connectivity index (χ1) is 9.24. The highest BCUT2D eigenvalue weighted by atomic mass is 32.2. The molecular weight excluding hydrogens is 297 g/mol. The van der Waals surface area contributed by atoms with Crippen LogP contribution in [-0.2, 0) is 10.0 Å². The molecule has 0 saturated carbocycles. The molecule has 112 valence electrons. The Morgan fingerprint density at radius 2 is 2.00 bits per heavy atom. The zero-order valence-corrected chi connectivity index (χ0v) is 11.0. The minimum Gasteiger partial charge on any atom is -0.406 e. The maximum absolute atomic E-state index is 12.0. The lowest BCUT2D eigenvalue weighted by Crippen LogP contribution is -2.24. The second kappa shape index (κ2) is 6.73. The van der Waals surface area contributed by atoms with Crippen molar-refractivity contribution in [2.75, 3.05) is 13.1 Å². The molecule has 20 heavy (non-hydrogen) atoms. The number of benzene rings is 1. The predicted octanol–water partition coefficient (Wildman–Crippen LogP) is 1.38. The second-order valence-corrected chi connectivity index (χ2v) is 5.35. The number of nitrogens with one attached hydrogen (secondary N) is 1. The van der Waals surface area contributed by atoms with Crippen LogP contribution in [0.25, 0.3) is 0 Å². The van der Waals surface area contributed by atoms with Gasteiger partial charge in [-0.3, -0.25) is 0 Å². The molecule has 0 spiro atoms. The maximum Gasteiger partial charge on any atom is 0.573 e. The summed E-state index contributed by atoms with van der Waals surface area (Å²) in [5.41, 5.74) is 5.18. The van der Waals surface area contributed by atoms with Gasteiger partial charge in [-0.15, -0.1) is 13.2 Å². The summed E-state index contributed by atoms with van der Waals surface area (Å²) >= 11 is 0. The fraction of sp³-hybridized carbons (Fsp3) is 0.273. The molecule has 0 amide bonds. The second-order valence-electron chi connectivity index (χ2n) is 3.58. The Hall–Kier alpha value is -1.58. The van der Waals surface area contributed by atoms with Gasteiger partial charge in [-0.25, -0.2) is 13.1 Å². The van der Waals surface area contributed by atoms with Crippen molar-refractivity contribution in [2.24, 2.45) is 5.73 Å². The van der Waals surface area contributed by atoms with Gasteiger partial charge in [-0.1, -0.05) is 18.2 Å². The van der Waals surface area contributed by atoms with Gasteiger partial charge in [0.1, 0.15) is 5.75 Å². The molecule has 9 heteroatoms. The lowest BCUT2D eigenvalue weighted by Gasteiger charge is -2.10. The highest BCUT2D eigenvalue weighted by molar-refractivity contribution is 7.89. The molecule has 0 fully saturated rings. The molecule has 0 heterocycles. The molecule has 0 radical (unpaired) electrons. The van der Waals surface area contributed by atoms with E-state index in [4.69, 9.17) is 5.73 Å². The summed E-state index contributed by atoms with van der Waals surface area (Å²) in [5.74, 6) is -0.599. The van der Waals surface area contributed by atoms with Crippen LogP contribution in [0.5, 0.6) is 5.75 Å². The van der Waals surface area contributed by atoms with Crippen LogP contribution in [0.4, 0.5) is 13.2 Å². The van der Waals surface area contributed by atoms with Crippen molar-refractivity contribution in [3.8, 4) is 5.75 Å². The Balaban J connectivity index is 2.85. The molecule has 1 aromatic rings. The van der Waals surface area contributed by atoms with Gasteiger partial charge in [0.05, 0.1) is 4.90 Å². The number of halogens is 3. The third kappa shape index (κ3) is 5.59. The molecule has 0 aliphatic carbocycles. The van der Waals surface area contributed by atoms with Gasteiger partial charge in [0.25, 0.3) is 0 Å². The van der Waals surface area contributed by atoms with E-state index in [0.29, 0.717) is 0 Å². The van der Waals surface area contributed by atoms with E-state index in [2.05, 4.69) is 9.46 Å². The summed E-state index contributed by atoms with van der Waals surface area (Å²) in [5, 5.41) is 0. The van der Waals surface area contributed by atoms with Crippen LogP contribution in [0.3, 0.4) is 0 Å². The fourth-order valence-corrected chi connectivity index (χ4v) is 2.27. The Labute approximate surface area is 114 Å². The summed E-state index contributed by atoms with van der Waals surface area (Å²) < 4.78 is 65.6. The van der Waals surface area contributed by atoms with E-state index in [0.717, 1.165) is 24.3 Å². The summed E-state index contributed by atoms with van der Waals surface area (Å²) in [6, 6.07) is 4.13. The number of nitrogens with two attached hydrogens (primary N) is 1. The zero-order valence-electron chi connectivity index (χ0n) is 10.2. The van der Waals surface area contributed by atoms with E-state index in [1.54, 1.807) is 6.08 Å². The molecule has 1 aromatic carbocycles. The molecule has 0 aliphatic heterocycles. The van der Waals surface area contributed by atoms with Crippen molar-refractivity contribution >= 4 is 10.0 Å². The van der Waals surface area contributed by atoms with Gasteiger partial charge in [0, 0.05) is 19.2 Å². The Kier molecular flexibility index (Phi) is 5.54. The van der Waals surface area contributed by atoms with E-state index >= 15 is 0 Å². The van der Waals surface area contributed by atoms with Gasteiger partial charge in [-0.05, 0) is 12.1 Å². The first-order valence-electron chi connectivity index (χ1n) is 5.45. The molecule has 0 unspecified atom stereocenters. The van der Waals surface area contributed by atoms with Crippen LogP contribution in [-0.4, -0.2) is 27.9 Å². The molecule has 0 saturated heterocycles. The monoisotopic (exact) mass is 310 g/mol. The van der Waals surface area contributed by atoms with Gasteiger partial charge < -0.3 is 10.5 Å². The average molecular weight is 310 g/mol. The van der Waals surface area contributed by atoms with E-state index < -0.39 is 22.1 Å². The van der Waals surface area contributed by atoms with Crippen LogP contribution in [0.15, 0.2) is 41.3 Å². The van der Waals surface area contributed by atoms with Crippen LogP contribution < -0.4 is 15.2 Å². The van der Waals surface area contributed by atoms with Crippen LogP contribution in [0.1, 0.15) is 0 Å². The minimum absolute atomic E-state index is 0.0100. The van der Waals surface area contributed by atoms with Gasteiger partial charge >= 0.3 is 6.36 Å². The zero-order chi connectivity index (χ0) is 15.2. The first kappa shape index (κ1) is 16.5. The lowest BCUT2D eigenvalue weighted by atomic mass is 10.3. The highest BCUT2D eigenvalue weighted by Crippen LogP contribution is 2.24. The molecule has 3 N–H and O–H groups in total. The van der Waals surface area contributed by atoms with Gasteiger partial charge in [-0.2, -0.15) is 0 Å². The third-order valence-corrected chi connectivity index (χ3v) is 3.46. The van der Waals surface area contributed by atoms with Crippen LogP contribution in [0.2, 0.25) is 0 Å². The summed E-state index contributed by atoms with van der Waals surface area (Å²) in [7, 11) is -3.91. The first-order valence-corrected chi connectivity index (χ1v) is 6.93. The Morgan fingerprint density at radius 1 is 1.30 bits per heavy atom. The Bertz CT molecular complexity index is 571. The highest BCUT2D eigenvalue weighted by Gasteiger charge is 2.31. The van der Waals surface area contributed by atoms with Crippen molar-refractivity contribution < 1.29 is 26.3 Å². The molecule has 1 rings (SSSR count). The van der Waals surface area contributed by atoms with E-state index in [1.807, 2.05) is 0 Å². The molecular formula is C11H13F3N2O3S. The number of rotatable bonds is 6. The van der Waals surface area contributed by atoms with Crippen molar-refractivity contribution in [1.29, 1.82) is 0 Å². The molecule has 0 aliphatic rings. The van der Waals surface area contributed by atoms with Crippen molar-refractivity contribution in [3.05, 3.63) is 36.4 Å². The number of hydrogen-bond acceptors (Lipinski definition) is 4. The van der Waals surface area contributed by atoms with Crippen molar-refractivity contribution in [2.45, 2.75) is 11.3 Å². The minimum atomic E-state index is -4.88. The van der Waals surface area contributed by atoms with Crippen LogP contribution >= 0.6 is 0 Å². The third-order valence-electron chi connectivity index (χ3n) is 2.04. The van der Waals surface area contributed by atoms with Gasteiger partial charge in [0.2, 0.25) is 10.0 Å². The predicted molar refractivity (Wildman–Crippen MR) is 66.5 cm³/mol. The van der Waals surface area contributed by atoms with E-state index in [9.17, 15) is 21.6 Å². The topological polar surface area (TPSA) is 81.4 Å². The fourth-order valence-electron chi connectivity index (χ4n) is 1.26. The number of sulfonamides is 1. The molecule has 0 bridgehead atoms. The molecule has 0 atom stereocenters. The van der Waals surface area contributed by atoms with Crippen molar-refractivity contribution in [1.82, 2.24) is 4.72 Å². The lowest BCUT2D eigenvalue weighted by molar-refractivity contribution is -0.274. The van der Waals surface area contributed by atoms with Crippen LogP contribution in [0, 0.1) is 0 Å². The number of ether oxygens (including phenoxy) is 1. The summed E-state index contributed by atoms with van der Waals surface area (Å²) in [4.78, 5) is -0.319. The summed E-state index contributed by atoms with van der Waals surface area (Å²) in [6.45, 7) is 0.251. The largest absolute Gasteiger partial charge is 0.573 e. The Morgan fingerprint density at radius 3 is 2.60 bits per heavy atom. The number of alkyl halides is 3. The van der Waals surface area contributed by atoms with E-state index in [1.165, 1.54) is 6.08 Å². The normalized spacial score (nSPS) is 12.8. The average Bonchev–Trinajstić information content (AvgIpc) is 2.33. The molecule has 5 nitrogen and oxygen atoms in total. The summed E-state index contributed by atoms with van der Waals surface area (Å²) in [6.07, 6.45) is -1.83. The number of hydrogen-bond donors (Lipinski definition) is 2.